The number of aromatic nitrogens is 1. The lowest BCUT2D eigenvalue weighted by molar-refractivity contribution is 0.518. The van der Waals surface area contributed by atoms with Gasteiger partial charge in [0.2, 0.25) is 5.89 Å². The molecule has 0 aliphatic rings. The van der Waals surface area contributed by atoms with Crippen LogP contribution < -0.4 is 5.63 Å². The quantitative estimate of drug-likeness (QED) is 0.629. The van der Waals surface area contributed by atoms with Crippen molar-refractivity contribution < 1.29 is 4.42 Å². The molecule has 0 N–H and O–H groups in total. The van der Waals surface area contributed by atoms with Crippen molar-refractivity contribution in [1.82, 2.24) is 4.98 Å². The molecule has 0 fully saturated rings. The molecule has 0 amide bonds. The Morgan fingerprint density at radius 1 is 1.05 bits per heavy atom. The molecule has 3 rings (SSSR count). The van der Waals surface area contributed by atoms with E-state index in [0.717, 1.165) is 14.5 Å². The molecular weight excluding hydrogens is 374 g/mol. The molecule has 0 spiro atoms. The Labute approximate surface area is 125 Å². The van der Waals surface area contributed by atoms with Crippen molar-refractivity contribution in [2.45, 2.75) is 0 Å². The number of hydrogen-bond donors (Lipinski definition) is 0. The van der Waals surface area contributed by atoms with E-state index in [1.54, 1.807) is 6.07 Å². The Morgan fingerprint density at radius 3 is 2.53 bits per heavy atom. The Hall–Kier alpha value is -1.46. The van der Waals surface area contributed by atoms with Crippen LogP contribution in [0.2, 0.25) is 0 Å². The van der Waals surface area contributed by atoms with Gasteiger partial charge in [0.25, 0.3) is 0 Å². The molecule has 1 aromatic heterocycles. The second-order valence-corrected chi connectivity index (χ2v) is 5.73. The summed E-state index contributed by atoms with van der Waals surface area (Å²) in [6, 6.07) is 12.9. The summed E-state index contributed by atoms with van der Waals surface area (Å²) in [7, 11) is 0. The van der Waals surface area contributed by atoms with Crippen LogP contribution in [-0.4, -0.2) is 4.98 Å². The van der Waals surface area contributed by atoms with E-state index in [4.69, 9.17) is 4.42 Å². The zero-order valence-electron chi connectivity index (χ0n) is 9.56. The third kappa shape index (κ3) is 2.35. The summed E-state index contributed by atoms with van der Waals surface area (Å²) in [6.45, 7) is 0. The molecule has 0 aliphatic carbocycles. The van der Waals surface area contributed by atoms with Crippen molar-refractivity contribution in [1.29, 1.82) is 0 Å². The van der Waals surface area contributed by atoms with E-state index < -0.39 is 5.63 Å². The van der Waals surface area contributed by atoms with Crippen LogP contribution in [0.25, 0.3) is 22.4 Å². The van der Waals surface area contributed by atoms with Gasteiger partial charge in [0.15, 0.2) is 0 Å². The Balaban J connectivity index is 2.34. The molecule has 0 bridgehead atoms. The van der Waals surface area contributed by atoms with Crippen LogP contribution in [0, 0.1) is 0 Å². The second kappa shape index (κ2) is 4.90. The third-order valence-corrected chi connectivity index (χ3v) is 3.73. The first-order valence-electron chi connectivity index (χ1n) is 5.50. The number of fused-ring (bicyclic) bond motifs is 1. The van der Waals surface area contributed by atoms with E-state index >= 15 is 0 Å². The first-order valence-corrected chi connectivity index (χ1v) is 7.09. The average molecular weight is 381 g/mol. The van der Waals surface area contributed by atoms with Crippen LogP contribution in [-0.2, 0) is 0 Å². The lowest BCUT2D eigenvalue weighted by Gasteiger charge is -2.03. The summed E-state index contributed by atoms with van der Waals surface area (Å²) >= 11 is 6.76. The maximum absolute atomic E-state index is 12.0. The topological polar surface area (TPSA) is 43.1 Å². The largest absolute Gasteiger partial charge is 0.403 e. The minimum absolute atomic E-state index is 0.320. The fraction of sp³-hybridized carbons (Fsp3) is 0. The van der Waals surface area contributed by atoms with Gasteiger partial charge in [-0.25, -0.2) is 9.78 Å². The van der Waals surface area contributed by atoms with Gasteiger partial charge >= 0.3 is 5.63 Å². The molecule has 3 aromatic rings. The number of hydrogen-bond acceptors (Lipinski definition) is 3. The molecule has 1 heterocycles. The van der Waals surface area contributed by atoms with Gasteiger partial charge in [-0.05, 0) is 40.2 Å². The van der Waals surface area contributed by atoms with E-state index in [1.165, 1.54) is 0 Å². The van der Waals surface area contributed by atoms with Crippen LogP contribution >= 0.6 is 31.9 Å². The fourth-order valence-corrected chi connectivity index (χ4v) is 3.12. The van der Waals surface area contributed by atoms with Gasteiger partial charge in [0.1, 0.15) is 0 Å². The molecule has 19 heavy (non-hydrogen) atoms. The van der Waals surface area contributed by atoms with Crippen molar-refractivity contribution >= 4 is 42.8 Å². The maximum atomic E-state index is 12.0. The highest BCUT2D eigenvalue weighted by Crippen LogP contribution is 2.27. The minimum Gasteiger partial charge on any atom is -0.403 e. The zero-order valence-corrected chi connectivity index (χ0v) is 12.7. The van der Waals surface area contributed by atoms with Crippen LogP contribution in [0.15, 0.2) is 60.6 Å². The molecule has 0 radical (unpaired) electrons. The number of rotatable bonds is 1. The SMILES string of the molecule is O=c1oc(-c2ccccc2)nc2c(Br)cc(Br)cc12. The number of benzene rings is 2. The number of nitrogens with zero attached hydrogens (tertiary/aromatic N) is 1. The summed E-state index contributed by atoms with van der Waals surface area (Å²) < 4.78 is 6.83. The third-order valence-electron chi connectivity index (χ3n) is 2.67. The Morgan fingerprint density at radius 2 is 1.79 bits per heavy atom. The van der Waals surface area contributed by atoms with Crippen molar-refractivity contribution in [2.24, 2.45) is 0 Å². The standard InChI is InChI=1S/C14H7Br2NO2/c15-9-6-10-12(11(16)7-9)17-13(19-14(10)18)8-4-2-1-3-5-8/h1-7H. The first-order chi connectivity index (χ1) is 9.15. The van der Waals surface area contributed by atoms with Gasteiger partial charge < -0.3 is 4.42 Å². The molecule has 3 nitrogen and oxygen atoms in total. The summed E-state index contributed by atoms with van der Waals surface area (Å²) in [4.78, 5) is 16.4. The summed E-state index contributed by atoms with van der Waals surface area (Å²) in [5.74, 6) is 0.320. The summed E-state index contributed by atoms with van der Waals surface area (Å²) in [5, 5.41) is 0.445. The maximum Gasteiger partial charge on any atom is 0.347 e. The van der Waals surface area contributed by atoms with Gasteiger partial charge in [0, 0.05) is 14.5 Å². The fourth-order valence-electron chi connectivity index (χ4n) is 1.81. The zero-order chi connectivity index (χ0) is 13.4. The second-order valence-electron chi connectivity index (χ2n) is 3.96. The Kier molecular flexibility index (Phi) is 3.24. The number of halogens is 2. The lowest BCUT2D eigenvalue weighted by Crippen LogP contribution is -2.03. The van der Waals surface area contributed by atoms with Crippen LogP contribution in [0.4, 0.5) is 0 Å². The lowest BCUT2D eigenvalue weighted by atomic mass is 10.2. The Bertz CT molecular complexity index is 813. The predicted molar refractivity (Wildman–Crippen MR) is 81.1 cm³/mol. The van der Waals surface area contributed by atoms with Gasteiger partial charge in [-0.1, -0.05) is 34.1 Å². The van der Waals surface area contributed by atoms with E-state index in [9.17, 15) is 4.79 Å². The van der Waals surface area contributed by atoms with Gasteiger partial charge in [-0.15, -0.1) is 0 Å². The molecule has 2 aromatic carbocycles. The summed E-state index contributed by atoms with van der Waals surface area (Å²) in [5.41, 5.74) is 0.973. The highest BCUT2D eigenvalue weighted by atomic mass is 79.9. The van der Waals surface area contributed by atoms with Crippen molar-refractivity contribution in [3.05, 3.63) is 61.8 Å². The van der Waals surface area contributed by atoms with Crippen LogP contribution in [0.3, 0.4) is 0 Å². The monoisotopic (exact) mass is 379 g/mol. The van der Waals surface area contributed by atoms with Gasteiger partial charge in [0.05, 0.1) is 10.9 Å². The smallest absolute Gasteiger partial charge is 0.347 e. The van der Waals surface area contributed by atoms with Crippen LogP contribution in [0.1, 0.15) is 0 Å². The van der Waals surface area contributed by atoms with E-state index in [0.29, 0.717) is 16.8 Å². The van der Waals surface area contributed by atoms with Crippen LogP contribution in [0.5, 0.6) is 0 Å². The minimum atomic E-state index is -0.397. The molecule has 0 saturated heterocycles. The van der Waals surface area contributed by atoms with Crippen molar-refractivity contribution in [2.75, 3.05) is 0 Å². The molecule has 0 aliphatic heterocycles. The van der Waals surface area contributed by atoms with E-state index in [-0.39, 0.29) is 0 Å². The molecule has 5 heteroatoms. The molecular formula is C14H7Br2NO2. The molecule has 0 unspecified atom stereocenters. The molecule has 0 atom stereocenters. The van der Waals surface area contributed by atoms with E-state index in [2.05, 4.69) is 36.8 Å². The predicted octanol–water partition coefficient (Wildman–Crippen LogP) is 4.38. The highest BCUT2D eigenvalue weighted by molar-refractivity contribution is 9.11. The normalized spacial score (nSPS) is 10.8. The highest BCUT2D eigenvalue weighted by Gasteiger charge is 2.11. The van der Waals surface area contributed by atoms with Gasteiger partial charge in [-0.2, -0.15) is 0 Å². The van der Waals surface area contributed by atoms with Crippen molar-refractivity contribution in [3.63, 3.8) is 0 Å². The van der Waals surface area contributed by atoms with Crippen molar-refractivity contribution in [3.8, 4) is 11.5 Å². The first kappa shape index (κ1) is 12.6. The van der Waals surface area contributed by atoms with Gasteiger partial charge in [-0.3, -0.25) is 0 Å². The summed E-state index contributed by atoms with van der Waals surface area (Å²) in [6.07, 6.45) is 0. The molecule has 94 valence electrons. The average Bonchev–Trinajstić information content (AvgIpc) is 2.41. The van der Waals surface area contributed by atoms with E-state index in [1.807, 2.05) is 36.4 Å². The molecule has 0 saturated carbocycles.